The Morgan fingerprint density at radius 1 is 1.27 bits per heavy atom. The second-order valence-corrected chi connectivity index (χ2v) is 6.27. The highest BCUT2D eigenvalue weighted by Gasteiger charge is 2.34. The van der Waals surface area contributed by atoms with Crippen LogP contribution in [0.5, 0.6) is 0 Å². The minimum atomic E-state index is -1.04. The van der Waals surface area contributed by atoms with Crippen molar-refractivity contribution in [3.63, 3.8) is 0 Å². The largest absolute Gasteiger partial charge is 0.478 e. The van der Waals surface area contributed by atoms with Crippen LogP contribution in [0.15, 0.2) is 42.9 Å². The number of hydrogen-bond donors (Lipinski definition) is 1. The zero-order valence-electron chi connectivity index (χ0n) is 14.2. The smallest absolute Gasteiger partial charge is 0.335 e. The fourth-order valence-corrected chi connectivity index (χ4v) is 3.14. The molecule has 8 heteroatoms. The average Bonchev–Trinajstić information content (AvgIpc) is 3.02. The number of amides is 1. The van der Waals surface area contributed by atoms with Gasteiger partial charge in [-0.1, -0.05) is 0 Å². The van der Waals surface area contributed by atoms with Crippen LogP contribution in [0.1, 0.15) is 27.1 Å². The molecule has 1 fully saturated rings. The van der Waals surface area contributed by atoms with Crippen molar-refractivity contribution < 1.29 is 19.1 Å². The molecule has 3 rings (SSSR count). The van der Waals surface area contributed by atoms with Crippen molar-refractivity contribution in [3.05, 3.63) is 54.0 Å². The van der Waals surface area contributed by atoms with Gasteiger partial charge in [-0.3, -0.25) is 4.79 Å². The SMILES string of the molecule is CN(C[C@@H]1C[C@H](F)CN1c1ccncn1)C(=O)c1ccc(C(=O)O)cc1. The Labute approximate surface area is 150 Å². The molecule has 1 amide bonds. The second kappa shape index (κ2) is 7.47. The number of hydrogen-bond acceptors (Lipinski definition) is 5. The van der Waals surface area contributed by atoms with Gasteiger partial charge in [-0.25, -0.2) is 19.2 Å². The maximum atomic E-state index is 14.0. The Bertz CT molecular complexity index is 785. The lowest BCUT2D eigenvalue weighted by Gasteiger charge is -2.29. The lowest BCUT2D eigenvalue weighted by Crippen LogP contribution is -2.41. The minimum absolute atomic E-state index is 0.121. The standard InChI is InChI=1S/C18H19FN4O3/c1-22(17(24)12-2-4-13(5-3-12)18(25)26)10-15-8-14(19)9-23(15)16-6-7-20-11-21-16/h2-7,11,14-15H,8-10H2,1H3,(H,25,26)/t14-,15-/m0/s1. The first-order valence-electron chi connectivity index (χ1n) is 8.21. The van der Waals surface area contributed by atoms with Gasteiger partial charge in [-0.2, -0.15) is 0 Å². The number of halogens is 1. The highest BCUT2D eigenvalue weighted by atomic mass is 19.1. The molecular formula is C18H19FN4O3. The van der Waals surface area contributed by atoms with E-state index < -0.39 is 12.1 Å². The maximum Gasteiger partial charge on any atom is 0.335 e. The van der Waals surface area contributed by atoms with Crippen molar-refractivity contribution in [2.75, 3.05) is 25.0 Å². The van der Waals surface area contributed by atoms with Gasteiger partial charge >= 0.3 is 5.97 Å². The number of rotatable bonds is 5. The summed E-state index contributed by atoms with van der Waals surface area (Å²) < 4.78 is 14.0. The van der Waals surface area contributed by atoms with E-state index in [1.165, 1.54) is 35.5 Å². The van der Waals surface area contributed by atoms with Crippen LogP contribution in [0.25, 0.3) is 0 Å². The fourth-order valence-electron chi connectivity index (χ4n) is 3.14. The van der Waals surface area contributed by atoms with Crippen LogP contribution in [0.2, 0.25) is 0 Å². The molecule has 0 unspecified atom stereocenters. The molecule has 26 heavy (non-hydrogen) atoms. The third-order valence-corrected chi connectivity index (χ3v) is 4.43. The van der Waals surface area contributed by atoms with Gasteiger partial charge in [0.15, 0.2) is 0 Å². The van der Waals surface area contributed by atoms with Gasteiger partial charge in [0, 0.05) is 31.8 Å². The quantitative estimate of drug-likeness (QED) is 0.878. The molecule has 0 saturated carbocycles. The third-order valence-electron chi connectivity index (χ3n) is 4.43. The number of anilines is 1. The number of benzene rings is 1. The Balaban J connectivity index is 1.70. The molecule has 2 heterocycles. The van der Waals surface area contributed by atoms with Gasteiger partial charge in [0.05, 0.1) is 18.2 Å². The van der Waals surface area contributed by atoms with Crippen molar-refractivity contribution in [2.45, 2.75) is 18.6 Å². The molecule has 136 valence electrons. The summed E-state index contributed by atoms with van der Waals surface area (Å²) in [5, 5.41) is 8.93. The predicted molar refractivity (Wildman–Crippen MR) is 93.0 cm³/mol. The zero-order chi connectivity index (χ0) is 18.7. The highest BCUT2D eigenvalue weighted by Crippen LogP contribution is 2.26. The van der Waals surface area contributed by atoms with Crippen LogP contribution < -0.4 is 4.90 Å². The van der Waals surface area contributed by atoms with Gasteiger partial charge in [0.25, 0.3) is 5.91 Å². The number of aromatic carboxylic acids is 1. The summed E-state index contributed by atoms with van der Waals surface area (Å²) in [7, 11) is 1.65. The van der Waals surface area contributed by atoms with Crippen molar-refractivity contribution in [1.82, 2.24) is 14.9 Å². The number of carbonyl (C=O) groups excluding carboxylic acids is 1. The summed E-state index contributed by atoms with van der Waals surface area (Å²) >= 11 is 0. The first-order chi connectivity index (χ1) is 12.5. The molecule has 1 aromatic carbocycles. The number of likely N-dealkylation sites (N-methyl/N-ethyl adjacent to an activating group) is 1. The van der Waals surface area contributed by atoms with E-state index in [0.717, 1.165) is 0 Å². The van der Waals surface area contributed by atoms with Crippen LogP contribution >= 0.6 is 0 Å². The number of alkyl halides is 1. The summed E-state index contributed by atoms with van der Waals surface area (Å²) in [6.45, 7) is 0.570. The molecular weight excluding hydrogens is 339 g/mol. The zero-order valence-corrected chi connectivity index (χ0v) is 14.2. The fraction of sp³-hybridized carbons (Fsp3) is 0.333. The molecule has 0 spiro atoms. The topological polar surface area (TPSA) is 86.6 Å². The van der Waals surface area contributed by atoms with Crippen LogP contribution in [-0.4, -0.2) is 64.2 Å². The van der Waals surface area contributed by atoms with Gasteiger partial charge in [0.1, 0.15) is 18.3 Å². The Hall–Kier alpha value is -3.03. The summed E-state index contributed by atoms with van der Waals surface area (Å²) in [5.41, 5.74) is 0.510. The highest BCUT2D eigenvalue weighted by molar-refractivity contribution is 5.95. The summed E-state index contributed by atoms with van der Waals surface area (Å²) in [5.74, 6) is -0.651. The van der Waals surface area contributed by atoms with Gasteiger partial charge < -0.3 is 14.9 Å². The molecule has 1 aliphatic heterocycles. The second-order valence-electron chi connectivity index (χ2n) is 6.27. The third kappa shape index (κ3) is 3.79. The van der Waals surface area contributed by atoms with Crippen molar-refractivity contribution in [2.24, 2.45) is 0 Å². The Morgan fingerprint density at radius 2 is 1.96 bits per heavy atom. The molecule has 1 N–H and O–H groups in total. The first-order valence-corrected chi connectivity index (χ1v) is 8.21. The summed E-state index contributed by atoms with van der Waals surface area (Å²) in [6, 6.07) is 7.28. The molecule has 0 aliphatic carbocycles. The summed E-state index contributed by atoms with van der Waals surface area (Å²) in [6.07, 6.45) is 2.36. The molecule has 7 nitrogen and oxygen atoms in total. The van der Waals surface area contributed by atoms with Crippen LogP contribution in [0.3, 0.4) is 0 Å². The van der Waals surface area contributed by atoms with E-state index in [1.54, 1.807) is 19.3 Å². The summed E-state index contributed by atoms with van der Waals surface area (Å²) in [4.78, 5) is 34.9. The van der Waals surface area contributed by atoms with E-state index in [9.17, 15) is 14.0 Å². The maximum absolute atomic E-state index is 14.0. The van der Waals surface area contributed by atoms with Crippen molar-refractivity contribution in [3.8, 4) is 0 Å². The average molecular weight is 358 g/mol. The number of carbonyl (C=O) groups is 2. The van der Waals surface area contributed by atoms with E-state index in [2.05, 4.69) is 9.97 Å². The first kappa shape index (κ1) is 17.8. The lowest BCUT2D eigenvalue weighted by atomic mass is 10.1. The predicted octanol–water partition coefficient (Wildman–Crippen LogP) is 1.86. The molecule has 2 atom stereocenters. The molecule has 1 aliphatic rings. The van der Waals surface area contributed by atoms with E-state index in [4.69, 9.17) is 5.11 Å². The lowest BCUT2D eigenvalue weighted by molar-refractivity contribution is 0.0695. The van der Waals surface area contributed by atoms with Crippen LogP contribution in [0, 0.1) is 0 Å². The normalized spacial score (nSPS) is 19.4. The molecule has 2 aromatic rings. The van der Waals surface area contributed by atoms with Crippen LogP contribution in [-0.2, 0) is 0 Å². The number of aromatic nitrogens is 2. The molecule has 1 saturated heterocycles. The van der Waals surface area contributed by atoms with E-state index >= 15 is 0 Å². The number of carboxylic acids is 1. The van der Waals surface area contributed by atoms with Crippen molar-refractivity contribution >= 4 is 17.7 Å². The number of nitrogens with zero attached hydrogens (tertiary/aromatic N) is 4. The Kier molecular flexibility index (Phi) is 5.11. The van der Waals surface area contributed by atoms with Gasteiger partial charge in [-0.05, 0) is 30.3 Å². The minimum Gasteiger partial charge on any atom is -0.478 e. The van der Waals surface area contributed by atoms with E-state index in [0.29, 0.717) is 24.3 Å². The Morgan fingerprint density at radius 3 is 2.58 bits per heavy atom. The molecule has 0 radical (unpaired) electrons. The van der Waals surface area contributed by atoms with E-state index in [1.807, 2.05) is 4.90 Å². The number of carboxylic acid groups (broad SMARTS) is 1. The van der Waals surface area contributed by atoms with Crippen LogP contribution in [0.4, 0.5) is 10.2 Å². The van der Waals surface area contributed by atoms with E-state index in [-0.39, 0.29) is 24.1 Å². The molecule has 1 aromatic heterocycles. The monoisotopic (exact) mass is 358 g/mol. The van der Waals surface area contributed by atoms with Gasteiger partial charge in [-0.15, -0.1) is 0 Å². The van der Waals surface area contributed by atoms with Crippen molar-refractivity contribution in [1.29, 1.82) is 0 Å². The van der Waals surface area contributed by atoms with Gasteiger partial charge in [0.2, 0.25) is 0 Å². The molecule has 0 bridgehead atoms.